The van der Waals surface area contributed by atoms with E-state index in [1.54, 1.807) is 19.5 Å². The molecule has 0 saturated carbocycles. The van der Waals surface area contributed by atoms with E-state index >= 15 is 0 Å². The number of aliphatic hydroxyl groups is 1. The molecular formula is C14H16N2O2. The number of benzene rings is 1. The van der Waals surface area contributed by atoms with Crippen molar-refractivity contribution >= 4 is 11.4 Å². The van der Waals surface area contributed by atoms with E-state index in [1.807, 2.05) is 42.3 Å². The zero-order valence-corrected chi connectivity index (χ0v) is 10.5. The maximum atomic E-state index is 9.34. The van der Waals surface area contributed by atoms with Crippen molar-refractivity contribution in [3.8, 4) is 5.75 Å². The lowest BCUT2D eigenvalue weighted by atomic mass is 10.2. The van der Waals surface area contributed by atoms with Gasteiger partial charge in [-0.2, -0.15) is 0 Å². The molecule has 0 bridgehead atoms. The molecule has 0 spiro atoms. The Balaban J connectivity index is 2.37. The molecule has 4 nitrogen and oxygen atoms in total. The van der Waals surface area contributed by atoms with Crippen molar-refractivity contribution in [2.24, 2.45) is 0 Å². The molecule has 0 saturated heterocycles. The number of aromatic nitrogens is 1. The van der Waals surface area contributed by atoms with Crippen molar-refractivity contribution in [3.63, 3.8) is 0 Å². The lowest BCUT2D eigenvalue weighted by molar-refractivity contribution is 0.282. The molecule has 0 aliphatic heterocycles. The molecule has 2 aromatic rings. The minimum atomic E-state index is -0.00778. The molecule has 0 aliphatic rings. The summed E-state index contributed by atoms with van der Waals surface area (Å²) in [6.45, 7) is -0.00778. The molecule has 0 unspecified atom stereocenters. The molecule has 18 heavy (non-hydrogen) atoms. The molecule has 4 heteroatoms. The van der Waals surface area contributed by atoms with Crippen LogP contribution in [-0.2, 0) is 6.61 Å². The number of rotatable bonds is 4. The fraction of sp³-hybridized carbons (Fsp3) is 0.214. The molecule has 0 radical (unpaired) electrons. The van der Waals surface area contributed by atoms with Gasteiger partial charge < -0.3 is 14.7 Å². The van der Waals surface area contributed by atoms with E-state index in [1.165, 1.54) is 0 Å². The largest absolute Gasteiger partial charge is 0.497 e. The van der Waals surface area contributed by atoms with Gasteiger partial charge in [0.2, 0.25) is 0 Å². The second-order valence-corrected chi connectivity index (χ2v) is 3.92. The van der Waals surface area contributed by atoms with Crippen LogP contribution in [0, 0.1) is 0 Å². The van der Waals surface area contributed by atoms with Gasteiger partial charge >= 0.3 is 0 Å². The third kappa shape index (κ3) is 2.43. The normalized spacial score (nSPS) is 10.2. The highest BCUT2D eigenvalue weighted by Crippen LogP contribution is 2.28. The summed E-state index contributed by atoms with van der Waals surface area (Å²) in [7, 11) is 3.58. The van der Waals surface area contributed by atoms with Gasteiger partial charge in [-0.1, -0.05) is 6.07 Å². The first-order valence-corrected chi connectivity index (χ1v) is 5.68. The Morgan fingerprint density at radius 2 is 2.17 bits per heavy atom. The highest BCUT2D eigenvalue weighted by Gasteiger charge is 2.09. The summed E-state index contributed by atoms with van der Waals surface area (Å²) < 4.78 is 5.21. The average molecular weight is 244 g/mol. The summed E-state index contributed by atoms with van der Waals surface area (Å²) in [4.78, 5) is 6.07. The highest BCUT2D eigenvalue weighted by molar-refractivity contribution is 5.65. The Bertz CT molecular complexity index is 529. The minimum Gasteiger partial charge on any atom is -0.497 e. The number of aliphatic hydroxyl groups excluding tert-OH is 1. The van der Waals surface area contributed by atoms with Crippen LogP contribution in [0.5, 0.6) is 5.75 Å². The highest BCUT2D eigenvalue weighted by atomic mass is 16.5. The molecule has 1 heterocycles. The molecule has 1 N–H and O–H groups in total. The van der Waals surface area contributed by atoms with Crippen LogP contribution in [0.4, 0.5) is 11.4 Å². The Morgan fingerprint density at radius 3 is 2.89 bits per heavy atom. The van der Waals surface area contributed by atoms with Crippen LogP contribution in [0.15, 0.2) is 42.7 Å². The molecular weight excluding hydrogens is 228 g/mol. The topological polar surface area (TPSA) is 45.6 Å². The van der Waals surface area contributed by atoms with E-state index in [-0.39, 0.29) is 6.61 Å². The number of nitrogens with zero attached hydrogens (tertiary/aromatic N) is 2. The van der Waals surface area contributed by atoms with Crippen LogP contribution in [0.2, 0.25) is 0 Å². The SMILES string of the molecule is COc1cccc(N(C)c2cnccc2CO)c1. The maximum absolute atomic E-state index is 9.34. The van der Waals surface area contributed by atoms with Gasteiger partial charge in [-0.15, -0.1) is 0 Å². The third-order valence-electron chi connectivity index (χ3n) is 2.86. The molecule has 0 atom stereocenters. The van der Waals surface area contributed by atoms with E-state index in [9.17, 15) is 5.11 Å². The summed E-state index contributed by atoms with van der Waals surface area (Å²) in [5, 5.41) is 9.34. The smallest absolute Gasteiger partial charge is 0.120 e. The molecule has 1 aromatic heterocycles. The molecule has 0 aliphatic carbocycles. The van der Waals surface area contributed by atoms with Crippen molar-refractivity contribution in [2.45, 2.75) is 6.61 Å². The van der Waals surface area contributed by atoms with Gasteiger partial charge in [0.15, 0.2) is 0 Å². The molecule has 0 fully saturated rings. The van der Waals surface area contributed by atoms with Crippen molar-refractivity contribution in [1.29, 1.82) is 0 Å². The lowest BCUT2D eigenvalue weighted by Gasteiger charge is -2.21. The number of hydrogen-bond acceptors (Lipinski definition) is 4. The first-order chi connectivity index (χ1) is 8.76. The number of hydrogen-bond donors (Lipinski definition) is 1. The molecule has 94 valence electrons. The van der Waals surface area contributed by atoms with Crippen molar-refractivity contribution in [1.82, 2.24) is 4.98 Å². The van der Waals surface area contributed by atoms with Crippen LogP contribution >= 0.6 is 0 Å². The quantitative estimate of drug-likeness (QED) is 0.896. The van der Waals surface area contributed by atoms with Crippen LogP contribution < -0.4 is 9.64 Å². The maximum Gasteiger partial charge on any atom is 0.120 e. The van der Waals surface area contributed by atoms with Crippen molar-refractivity contribution in [2.75, 3.05) is 19.1 Å². The zero-order valence-electron chi connectivity index (χ0n) is 10.5. The number of anilines is 2. The van der Waals surface area contributed by atoms with E-state index < -0.39 is 0 Å². The van der Waals surface area contributed by atoms with Gasteiger partial charge in [-0.3, -0.25) is 4.98 Å². The molecule has 0 amide bonds. The number of pyridine rings is 1. The first-order valence-electron chi connectivity index (χ1n) is 5.68. The zero-order chi connectivity index (χ0) is 13.0. The fourth-order valence-electron chi connectivity index (χ4n) is 1.81. The summed E-state index contributed by atoms with van der Waals surface area (Å²) in [5.41, 5.74) is 2.71. The van der Waals surface area contributed by atoms with Crippen LogP contribution in [-0.4, -0.2) is 24.2 Å². The predicted octanol–water partition coefficient (Wildman–Crippen LogP) is 2.35. The first kappa shape index (κ1) is 12.4. The van der Waals surface area contributed by atoms with Gasteiger partial charge in [0.25, 0.3) is 0 Å². The molecule has 1 aromatic carbocycles. The summed E-state index contributed by atoms with van der Waals surface area (Å²) in [5.74, 6) is 0.800. The van der Waals surface area contributed by atoms with Gasteiger partial charge in [-0.05, 0) is 18.2 Å². The average Bonchev–Trinajstić information content (AvgIpc) is 2.46. The lowest BCUT2D eigenvalue weighted by Crippen LogP contribution is -2.12. The Morgan fingerprint density at radius 1 is 1.33 bits per heavy atom. The fourth-order valence-corrected chi connectivity index (χ4v) is 1.81. The number of ether oxygens (including phenoxy) is 1. The second-order valence-electron chi connectivity index (χ2n) is 3.92. The Hall–Kier alpha value is -2.07. The van der Waals surface area contributed by atoms with Gasteiger partial charge in [0, 0.05) is 30.6 Å². The van der Waals surface area contributed by atoms with Gasteiger partial charge in [-0.25, -0.2) is 0 Å². The minimum absolute atomic E-state index is 0.00778. The van der Waals surface area contributed by atoms with Gasteiger partial charge in [0.1, 0.15) is 5.75 Å². The third-order valence-corrected chi connectivity index (χ3v) is 2.86. The second kappa shape index (κ2) is 5.51. The summed E-state index contributed by atoms with van der Waals surface area (Å²) >= 11 is 0. The summed E-state index contributed by atoms with van der Waals surface area (Å²) in [6, 6.07) is 9.56. The van der Waals surface area contributed by atoms with E-state index in [0.717, 1.165) is 22.7 Å². The van der Waals surface area contributed by atoms with E-state index in [4.69, 9.17) is 4.74 Å². The monoisotopic (exact) mass is 244 g/mol. The van der Waals surface area contributed by atoms with E-state index in [0.29, 0.717) is 0 Å². The standard InChI is InChI=1S/C14H16N2O2/c1-16(12-4-3-5-13(8-12)18-2)14-9-15-7-6-11(14)10-17/h3-9,17H,10H2,1-2H3. The summed E-state index contributed by atoms with van der Waals surface area (Å²) in [6.07, 6.45) is 3.42. The predicted molar refractivity (Wildman–Crippen MR) is 71.2 cm³/mol. The van der Waals surface area contributed by atoms with Crippen LogP contribution in [0.3, 0.4) is 0 Å². The van der Waals surface area contributed by atoms with Crippen molar-refractivity contribution in [3.05, 3.63) is 48.3 Å². The molecule has 2 rings (SSSR count). The number of methoxy groups -OCH3 is 1. The van der Waals surface area contributed by atoms with Crippen LogP contribution in [0.25, 0.3) is 0 Å². The Labute approximate surface area is 106 Å². The van der Waals surface area contributed by atoms with Crippen LogP contribution in [0.1, 0.15) is 5.56 Å². The van der Waals surface area contributed by atoms with Gasteiger partial charge in [0.05, 0.1) is 25.6 Å². The van der Waals surface area contributed by atoms with E-state index in [2.05, 4.69) is 4.98 Å². The Kier molecular flexibility index (Phi) is 3.79. The van der Waals surface area contributed by atoms with Crippen molar-refractivity contribution < 1.29 is 9.84 Å².